The van der Waals surface area contributed by atoms with Crippen LogP contribution in [0.4, 0.5) is 0 Å². The number of carbonyl (C=O) groups is 1. The van der Waals surface area contributed by atoms with Crippen LogP contribution in [0.25, 0.3) is 21.0 Å². The molecule has 0 radical (unpaired) electrons. The van der Waals surface area contributed by atoms with E-state index in [9.17, 15) is 13.2 Å². The molecule has 0 saturated carbocycles. The summed E-state index contributed by atoms with van der Waals surface area (Å²) in [6, 6.07) is 17.2. The van der Waals surface area contributed by atoms with Crippen molar-refractivity contribution in [2.45, 2.75) is 24.4 Å². The lowest BCUT2D eigenvalue weighted by atomic mass is 10.2. The Labute approximate surface area is 188 Å². The van der Waals surface area contributed by atoms with E-state index in [-0.39, 0.29) is 23.2 Å². The molecule has 0 saturated heterocycles. The summed E-state index contributed by atoms with van der Waals surface area (Å²) < 4.78 is 33.7. The molecule has 0 fully saturated rings. The van der Waals surface area contributed by atoms with Gasteiger partial charge in [0.1, 0.15) is 17.6 Å². The fraction of sp³-hybridized carbons (Fsp3) is 0.136. The quantitative estimate of drug-likeness (QED) is 0.469. The number of para-hydroxylation sites is 1. The van der Waals surface area contributed by atoms with Gasteiger partial charge in [-0.05, 0) is 43.3 Å². The number of nitrogens with zero attached hydrogens (tertiary/aromatic N) is 2. The number of furan rings is 1. The summed E-state index contributed by atoms with van der Waals surface area (Å²) in [5.74, 6) is 1.04. The van der Waals surface area contributed by atoms with Crippen molar-refractivity contribution in [2.75, 3.05) is 0 Å². The smallest absolute Gasteiger partial charge is 0.263 e. The number of thiazole rings is 1. The third-order valence-electron chi connectivity index (χ3n) is 4.97. The SMILES string of the molecule is C[C@H](N=C1NS(=O)(=O)c2ccccc21)C(=O)NCc1ccc(-c2nc3ccccc3s2)o1. The molecule has 5 rings (SSSR count). The van der Waals surface area contributed by atoms with Gasteiger partial charge in [-0.1, -0.05) is 24.3 Å². The summed E-state index contributed by atoms with van der Waals surface area (Å²) in [4.78, 5) is 21.5. The van der Waals surface area contributed by atoms with Crippen LogP contribution in [0, 0.1) is 0 Å². The summed E-state index contributed by atoms with van der Waals surface area (Å²) in [6.07, 6.45) is 0. The Balaban J connectivity index is 1.26. The largest absolute Gasteiger partial charge is 0.457 e. The number of benzene rings is 2. The number of carbonyl (C=O) groups excluding carboxylic acids is 1. The van der Waals surface area contributed by atoms with Crippen LogP contribution in [-0.2, 0) is 21.4 Å². The van der Waals surface area contributed by atoms with E-state index >= 15 is 0 Å². The normalized spacial score (nSPS) is 16.6. The number of nitrogens with one attached hydrogen (secondary N) is 2. The second-order valence-electron chi connectivity index (χ2n) is 7.23. The van der Waals surface area contributed by atoms with Crippen LogP contribution in [-0.4, -0.2) is 31.2 Å². The highest BCUT2D eigenvalue weighted by Gasteiger charge is 2.31. The Morgan fingerprint density at radius 2 is 1.94 bits per heavy atom. The molecule has 0 aliphatic carbocycles. The lowest BCUT2D eigenvalue weighted by Crippen LogP contribution is -2.33. The van der Waals surface area contributed by atoms with Gasteiger partial charge in [0.25, 0.3) is 10.0 Å². The highest BCUT2D eigenvalue weighted by molar-refractivity contribution is 7.90. The Morgan fingerprint density at radius 1 is 1.16 bits per heavy atom. The first kappa shape index (κ1) is 20.4. The lowest BCUT2D eigenvalue weighted by Gasteiger charge is -2.08. The zero-order chi connectivity index (χ0) is 22.3. The van der Waals surface area contributed by atoms with E-state index in [1.807, 2.05) is 30.3 Å². The second-order valence-corrected chi connectivity index (χ2v) is 9.91. The fourth-order valence-electron chi connectivity index (χ4n) is 3.37. The maximum absolute atomic E-state index is 12.5. The van der Waals surface area contributed by atoms with Crippen molar-refractivity contribution in [1.29, 1.82) is 0 Å². The van der Waals surface area contributed by atoms with Gasteiger partial charge in [0.2, 0.25) is 5.91 Å². The molecule has 0 unspecified atom stereocenters. The van der Waals surface area contributed by atoms with Gasteiger partial charge in [-0.15, -0.1) is 11.3 Å². The predicted molar refractivity (Wildman–Crippen MR) is 122 cm³/mol. The maximum Gasteiger partial charge on any atom is 0.263 e. The number of rotatable bonds is 5. The fourth-order valence-corrected chi connectivity index (χ4v) is 5.54. The number of hydrogen-bond acceptors (Lipinski definition) is 7. The molecule has 1 atom stereocenters. The van der Waals surface area contributed by atoms with Gasteiger partial charge in [-0.2, -0.15) is 0 Å². The third kappa shape index (κ3) is 3.78. The van der Waals surface area contributed by atoms with Gasteiger partial charge in [0.05, 0.1) is 21.7 Å². The van der Waals surface area contributed by atoms with E-state index in [0.717, 1.165) is 15.2 Å². The van der Waals surface area contributed by atoms with Crippen molar-refractivity contribution in [1.82, 2.24) is 15.0 Å². The van der Waals surface area contributed by atoms with E-state index < -0.39 is 16.1 Å². The summed E-state index contributed by atoms with van der Waals surface area (Å²) in [6.45, 7) is 1.79. The minimum Gasteiger partial charge on any atom is -0.457 e. The van der Waals surface area contributed by atoms with Gasteiger partial charge >= 0.3 is 0 Å². The second kappa shape index (κ2) is 7.88. The summed E-state index contributed by atoms with van der Waals surface area (Å²) in [5.41, 5.74) is 1.37. The van der Waals surface area contributed by atoms with Crippen LogP contribution in [0.2, 0.25) is 0 Å². The van der Waals surface area contributed by atoms with Crippen molar-refractivity contribution < 1.29 is 17.6 Å². The van der Waals surface area contributed by atoms with Crippen molar-refractivity contribution >= 4 is 43.3 Å². The zero-order valence-corrected chi connectivity index (χ0v) is 18.5. The first-order valence-corrected chi connectivity index (χ1v) is 12.1. The highest BCUT2D eigenvalue weighted by Crippen LogP contribution is 2.31. The van der Waals surface area contributed by atoms with E-state index in [2.05, 4.69) is 20.0 Å². The van der Waals surface area contributed by atoms with Crippen LogP contribution in [0.5, 0.6) is 0 Å². The number of amides is 1. The molecule has 2 aromatic carbocycles. The molecule has 4 aromatic rings. The molecule has 162 valence electrons. The van der Waals surface area contributed by atoms with Crippen LogP contribution in [0.1, 0.15) is 18.2 Å². The predicted octanol–water partition coefficient (Wildman–Crippen LogP) is 3.30. The van der Waals surface area contributed by atoms with Crippen molar-refractivity contribution in [3.63, 3.8) is 0 Å². The van der Waals surface area contributed by atoms with Crippen LogP contribution >= 0.6 is 11.3 Å². The molecular weight excluding hydrogens is 448 g/mol. The summed E-state index contributed by atoms with van der Waals surface area (Å²) in [7, 11) is -3.65. The maximum atomic E-state index is 12.5. The van der Waals surface area contributed by atoms with Crippen molar-refractivity contribution in [3.05, 3.63) is 72.0 Å². The Hall–Kier alpha value is -3.50. The Bertz CT molecular complexity index is 1440. The van der Waals surface area contributed by atoms with Gasteiger partial charge in [-0.3, -0.25) is 14.5 Å². The van der Waals surface area contributed by atoms with Gasteiger partial charge in [0.15, 0.2) is 10.8 Å². The number of sulfonamides is 1. The van der Waals surface area contributed by atoms with E-state index in [4.69, 9.17) is 4.42 Å². The van der Waals surface area contributed by atoms with E-state index in [1.165, 1.54) is 17.4 Å². The number of aliphatic imine (C=N–C) groups is 1. The molecule has 1 amide bonds. The van der Waals surface area contributed by atoms with Crippen LogP contribution < -0.4 is 10.0 Å². The minimum absolute atomic E-state index is 0.157. The Morgan fingerprint density at radius 3 is 2.78 bits per heavy atom. The number of amidine groups is 1. The molecule has 0 bridgehead atoms. The molecule has 8 nitrogen and oxygen atoms in total. The number of aromatic nitrogens is 1. The zero-order valence-electron chi connectivity index (χ0n) is 16.9. The molecule has 1 aliphatic heterocycles. The molecule has 1 aliphatic rings. The van der Waals surface area contributed by atoms with E-state index in [1.54, 1.807) is 31.2 Å². The van der Waals surface area contributed by atoms with Crippen LogP contribution in [0.3, 0.4) is 0 Å². The Kier molecular flexibility index (Phi) is 5.03. The average molecular weight is 467 g/mol. The highest BCUT2D eigenvalue weighted by atomic mass is 32.2. The summed E-state index contributed by atoms with van der Waals surface area (Å²) >= 11 is 1.54. The topological polar surface area (TPSA) is 114 Å². The molecule has 2 N–H and O–H groups in total. The molecule has 32 heavy (non-hydrogen) atoms. The number of hydrogen-bond donors (Lipinski definition) is 2. The van der Waals surface area contributed by atoms with E-state index in [0.29, 0.717) is 17.1 Å². The van der Waals surface area contributed by atoms with Crippen LogP contribution in [0.15, 0.2) is 75.0 Å². The standard InChI is InChI=1S/C22H18N4O4S2/c1-13(24-20-15-6-2-5-9-19(15)32(28,29)26-20)21(27)23-12-14-10-11-17(30-14)22-25-16-7-3-4-8-18(16)31-22/h2-11,13H,12H2,1H3,(H,23,27)(H,24,26)/t13-/m0/s1. The first-order valence-electron chi connectivity index (χ1n) is 9.83. The third-order valence-corrected chi connectivity index (χ3v) is 7.42. The molecule has 0 spiro atoms. The summed E-state index contributed by atoms with van der Waals surface area (Å²) in [5, 5.41) is 3.55. The first-order chi connectivity index (χ1) is 15.4. The molecule has 3 heterocycles. The lowest BCUT2D eigenvalue weighted by molar-refractivity contribution is -0.122. The monoisotopic (exact) mass is 466 g/mol. The van der Waals surface area contributed by atoms with Crippen molar-refractivity contribution in [3.8, 4) is 10.8 Å². The van der Waals surface area contributed by atoms with Gasteiger partial charge in [0, 0.05) is 5.56 Å². The molecule has 10 heteroatoms. The minimum atomic E-state index is -3.65. The van der Waals surface area contributed by atoms with Gasteiger partial charge in [-0.25, -0.2) is 13.4 Å². The van der Waals surface area contributed by atoms with Crippen molar-refractivity contribution in [2.24, 2.45) is 4.99 Å². The average Bonchev–Trinajstić information content (AvgIpc) is 3.48. The number of fused-ring (bicyclic) bond motifs is 2. The van der Waals surface area contributed by atoms with Gasteiger partial charge < -0.3 is 9.73 Å². The molecular formula is C22H18N4O4S2. The molecule has 2 aromatic heterocycles.